The number of carbonyl (C=O) groups excluding carboxylic acids is 2. The first-order valence-electron chi connectivity index (χ1n) is 36.9. The van der Waals surface area contributed by atoms with Gasteiger partial charge in [0.05, 0.1) is 33.8 Å². The van der Waals surface area contributed by atoms with E-state index in [1.54, 1.807) is 0 Å². The molecule has 0 saturated carbocycles. The van der Waals surface area contributed by atoms with E-state index >= 15 is 0 Å². The van der Waals surface area contributed by atoms with Crippen LogP contribution in [-0.2, 0) is 27.9 Å². The third-order valence-corrected chi connectivity index (χ3v) is 17.7. The van der Waals surface area contributed by atoms with Gasteiger partial charge in [-0.15, -0.1) is 0 Å². The highest BCUT2D eigenvalue weighted by molar-refractivity contribution is 7.45. The molecule has 0 aromatic rings. The minimum absolute atomic E-state index is 0.0209. The topological polar surface area (TPSA) is 114 Å². The number of likely N-dealkylation sites (N-methyl/N-ethyl adjacent to an activating group) is 1. The van der Waals surface area contributed by atoms with Crippen molar-refractivity contribution in [1.82, 2.24) is 5.32 Å². The molecule has 0 aliphatic carbocycles. The summed E-state index contributed by atoms with van der Waals surface area (Å²) < 4.78 is 30.5. The van der Waals surface area contributed by atoms with Crippen LogP contribution in [0.2, 0.25) is 0 Å². The number of allylic oxidation sites excluding steroid dienone is 7. The standard InChI is InChI=1S/C75H143N2O7P/c1-7-10-13-16-19-22-25-28-30-32-34-36-37-38-39-41-42-44-46-49-52-55-58-61-64-67-74(78)76-72(71-83-85(80,81)82-70-69-77(4,5)6)73(66-63-60-57-54-51-48-27-24-21-18-15-12-9-3)84-75(79)68-65-62-59-56-53-50-47-45-43-40-35-33-31-29-26-23-20-17-14-11-8-2/h20,23,28-31,63,66,72-73H,7-19,21-22,24-27,32-62,64-65,67-71H2,1-6H3,(H-,76,78,80,81)/b23-20-,30-28+,31-29-,66-63-. The number of phosphoric acid groups is 1. The molecule has 9 nitrogen and oxygen atoms in total. The molecule has 0 aliphatic heterocycles. The van der Waals surface area contributed by atoms with E-state index in [4.69, 9.17) is 13.8 Å². The Bertz CT molecular complexity index is 1590. The maximum absolute atomic E-state index is 13.6. The Morgan fingerprint density at radius 2 is 0.718 bits per heavy atom. The summed E-state index contributed by atoms with van der Waals surface area (Å²) in [7, 11) is 1.20. The number of hydrogen-bond acceptors (Lipinski definition) is 7. The van der Waals surface area contributed by atoms with Crippen molar-refractivity contribution in [2.24, 2.45) is 0 Å². The number of phosphoric ester groups is 1. The maximum Gasteiger partial charge on any atom is 0.306 e. The minimum atomic E-state index is -4.70. The van der Waals surface area contributed by atoms with Gasteiger partial charge >= 0.3 is 5.97 Å². The van der Waals surface area contributed by atoms with Crippen LogP contribution in [0, 0.1) is 0 Å². The predicted molar refractivity (Wildman–Crippen MR) is 367 cm³/mol. The number of rotatable bonds is 68. The summed E-state index contributed by atoms with van der Waals surface area (Å²) in [6, 6.07) is -0.889. The summed E-state index contributed by atoms with van der Waals surface area (Å²) in [6.07, 6.45) is 82.3. The van der Waals surface area contributed by atoms with E-state index in [0.29, 0.717) is 17.4 Å². The third-order valence-electron chi connectivity index (χ3n) is 16.7. The number of nitrogens with zero attached hydrogens (tertiary/aromatic N) is 1. The molecule has 0 fully saturated rings. The number of nitrogens with one attached hydrogen (secondary N) is 1. The molecule has 0 rings (SSSR count). The number of hydrogen-bond donors (Lipinski definition) is 1. The first kappa shape index (κ1) is 83.0. The van der Waals surface area contributed by atoms with Crippen molar-refractivity contribution < 1.29 is 37.3 Å². The molecule has 1 amide bonds. The second-order valence-corrected chi connectivity index (χ2v) is 27.9. The Balaban J connectivity index is 5.04. The summed E-state index contributed by atoms with van der Waals surface area (Å²) >= 11 is 0. The quantitative estimate of drug-likeness (QED) is 0.0212. The zero-order valence-corrected chi connectivity index (χ0v) is 58.2. The highest BCUT2D eigenvalue weighted by Gasteiger charge is 2.27. The van der Waals surface area contributed by atoms with Gasteiger partial charge in [-0.2, -0.15) is 0 Å². The largest absolute Gasteiger partial charge is 0.756 e. The molecule has 85 heavy (non-hydrogen) atoms. The van der Waals surface area contributed by atoms with Gasteiger partial charge in [0.2, 0.25) is 5.91 Å². The summed E-state index contributed by atoms with van der Waals surface area (Å²) in [4.78, 5) is 40.2. The van der Waals surface area contributed by atoms with Gasteiger partial charge in [-0.3, -0.25) is 14.2 Å². The molecule has 0 heterocycles. The third kappa shape index (κ3) is 66.2. The fourth-order valence-corrected chi connectivity index (χ4v) is 11.7. The number of carbonyl (C=O) groups is 2. The molecule has 500 valence electrons. The lowest BCUT2D eigenvalue weighted by molar-refractivity contribution is -0.870. The van der Waals surface area contributed by atoms with Crippen molar-refractivity contribution in [3.05, 3.63) is 48.6 Å². The Labute approximate surface area is 529 Å². The van der Waals surface area contributed by atoms with E-state index in [2.05, 4.69) is 62.5 Å². The van der Waals surface area contributed by atoms with Crippen LogP contribution in [0.5, 0.6) is 0 Å². The summed E-state index contributed by atoms with van der Waals surface area (Å²) in [6.45, 7) is 6.87. The van der Waals surface area contributed by atoms with E-state index in [1.165, 1.54) is 270 Å². The first-order chi connectivity index (χ1) is 41.4. The average Bonchev–Trinajstić information content (AvgIpc) is 3.48. The van der Waals surface area contributed by atoms with Crippen LogP contribution in [-0.4, -0.2) is 69.4 Å². The zero-order valence-electron chi connectivity index (χ0n) is 57.3. The number of unbranched alkanes of at least 4 members (excludes halogenated alkanes) is 46. The average molecular weight is 1220 g/mol. The fourth-order valence-electron chi connectivity index (χ4n) is 11.0. The molecule has 10 heteroatoms. The fraction of sp³-hybridized carbons (Fsp3) is 0.867. The molecule has 0 bridgehead atoms. The number of quaternary nitrogens is 1. The summed E-state index contributed by atoms with van der Waals surface area (Å²) in [5.74, 6) is -0.525. The second-order valence-electron chi connectivity index (χ2n) is 26.4. The number of amides is 1. The molecule has 3 unspecified atom stereocenters. The molecular formula is C75H143N2O7P. The Hall–Kier alpha value is -2.03. The van der Waals surface area contributed by atoms with Crippen LogP contribution in [0.15, 0.2) is 48.6 Å². The van der Waals surface area contributed by atoms with Gasteiger partial charge in [0.15, 0.2) is 0 Å². The molecule has 3 atom stereocenters. The van der Waals surface area contributed by atoms with Crippen molar-refractivity contribution in [2.75, 3.05) is 40.9 Å². The molecule has 1 N–H and O–H groups in total. The highest BCUT2D eigenvalue weighted by Crippen LogP contribution is 2.38. The van der Waals surface area contributed by atoms with Crippen LogP contribution >= 0.6 is 7.82 Å². The van der Waals surface area contributed by atoms with Gasteiger partial charge in [-0.1, -0.05) is 314 Å². The maximum atomic E-state index is 13.6. The Morgan fingerprint density at radius 3 is 1.09 bits per heavy atom. The molecule has 0 aromatic carbocycles. The van der Waals surface area contributed by atoms with Gasteiger partial charge in [0.25, 0.3) is 7.82 Å². The molecule has 0 saturated heterocycles. The molecule has 0 radical (unpaired) electrons. The van der Waals surface area contributed by atoms with Crippen molar-refractivity contribution in [3.8, 4) is 0 Å². The van der Waals surface area contributed by atoms with E-state index in [1.807, 2.05) is 33.3 Å². The number of esters is 1. The van der Waals surface area contributed by atoms with E-state index < -0.39 is 20.0 Å². The van der Waals surface area contributed by atoms with Crippen LogP contribution < -0.4 is 10.2 Å². The molecule has 0 aromatic heterocycles. The zero-order chi connectivity index (χ0) is 62.1. The molecule has 0 spiro atoms. The van der Waals surface area contributed by atoms with Crippen molar-refractivity contribution >= 4 is 19.7 Å². The Morgan fingerprint density at radius 1 is 0.412 bits per heavy atom. The predicted octanol–water partition coefficient (Wildman–Crippen LogP) is 22.9. The van der Waals surface area contributed by atoms with Gasteiger partial charge in [-0.25, -0.2) is 0 Å². The van der Waals surface area contributed by atoms with Crippen molar-refractivity contribution in [3.63, 3.8) is 0 Å². The van der Waals surface area contributed by atoms with Crippen molar-refractivity contribution in [1.29, 1.82) is 0 Å². The molecular weight excluding hydrogens is 1070 g/mol. The minimum Gasteiger partial charge on any atom is -0.756 e. The summed E-state index contributed by atoms with van der Waals surface area (Å²) in [5, 5.41) is 3.05. The smallest absolute Gasteiger partial charge is 0.306 e. The van der Waals surface area contributed by atoms with E-state index in [-0.39, 0.29) is 31.5 Å². The van der Waals surface area contributed by atoms with Gasteiger partial charge < -0.3 is 28.5 Å². The lowest BCUT2D eigenvalue weighted by Crippen LogP contribution is -2.47. The lowest BCUT2D eigenvalue weighted by atomic mass is 10.0. The number of ether oxygens (including phenoxy) is 1. The van der Waals surface area contributed by atoms with Gasteiger partial charge in [0, 0.05) is 12.8 Å². The van der Waals surface area contributed by atoms with E-state index in [0.717, 1.165) is 64.2 Å². The van der Waals surface area contributed by atoms with Crippen LogP contribution in [0.4, 0.5) is 0 Å². The SMILES string of the molecule is CCCCC/C=C\C/C=C\CCCCCCCCCCCCCC(=O)OC(/C=C\CCCCCCCCCCCCC)C(COP(=O)([O-])OCC[N+](C)(C)C)NC(=O)CCCCCCCCCCCCCCCCC/C=C/CCCCCCCC. The van der Waals surface area contributed by atoms with E-state index in [9.17, 15) is 19.0 Å². The van der Waals surface area contributed by atoms with Gasteiger partial charge in [-0.05, 0) is 89.5 Å². The monoisotopic (exact) mass is 1220 g/mol. The first-order valence-corrected chi connectivity index (χ1v) is 38.4. The second kappa shape index (κ2) is 64.9. The van der Waals surface area contributed by atoms with Crippen LogP contribution in [0.1, 0.15) is 367 Å². The van der Waals surface area contributed by atoms with Gasteiger partial charge in [0.1, 0.15) is 19.3 Å². The lowest BCUT2D eigenvalue weighted by Gasteiger charge is -2.30. The summed E-state index contributed by atoms with van der Waals surface area (Å²) in [5.41, 5.74) is 0. The normalized spacial score (nSPS) is 13.7. The highest BCUT2D eigenvalue weighted by atomic mass is 31.2. The van der Waals surface area contributed by atoms with Crippen LogP contribution in [0.3, 0.4) is 0 Å². The van der Waals surface area contributed by atoms with Crippen LogP contribution in [0.25, 0.3) is 0 Å². The molecule has 0 aliphatic rings. The Kier molecular flexibility index (Phi) is 63.4. The van der Waals surface area contributed by atoms with Crippen molar-refractivity contribution in [2.45, 2.75) is 380 Å².